The highest BCUT2D eigenvalue weighted by Crippen LogP contribution is 2.45. The van der Waals surface area contributed by atoms with Gasteiger partial charge in [0.2, 0.25) is 0 Å². The van der Waals surface area contributed by atoms with Gasteiger partial charge in [0.15, 0.2) is 0 Å². The molecule has 1 aliphatic carbocycles. The molecule has 1 atom stereocenters. The van der Waals surface area contributed by atoms with Gasteiger partial charge < -0.3 is 19.9 Å². The van der Waals surface area contributed by atoms with E-state index in [1.54, 1.807) is 0 Å². The maximum Gasteiger partial charge on any atom is 0.407 e. The number of aliphatic hydroxyl groups is 1. The zero-order valence-corrected chi connectivity index (χ0v) is 13.4. The molecule has 1 aromatic rings. The fourth-order valence-electron chi connectivity index (χ4n) is 3.44. The lowest BCUT2D eigenvalue weighted by atomic mass is 9.72. The van der Waals surface area contributed by atoms with E-state index >= 15 is 0 Å². The molecule has 1 heterocycles. The van der Waals surface area contributed by atoms with Crippen LogP contribution >= 0.6 is 0 Å². The molecule has 2 aliphatic rings. The van der Waals surface area contributed by atoms with Gasteiger partial charge in [-0.15, -0.1) is 0 Å². The first-order chi connectivity index (χ1) is 11.2. The summed E-state index contributed by atoms with van der Waals surface area (Å²) in [6, 6.07) is 9.61. The Bertz CT molecular complexity index is 509. The Morgan fingerprint density at radius 3 is 2.61 bits per heavy atom. The summed E-state index contributed by atoms with van der Waals surface area (Å²) in [5.41, 5.74) is 0.694. The molecule has 5 heteroatoms. The number of benzene rings is 1. The SMILES string of the molecule is O=C(NC(C1CC1)C1(CO)CCOCC1)OCc1ccccc1. The molecule has 1 saturated heterocycles. The number of hydrogen-bond acceptors (Lipinski definition) is 4. The van der Waals surface area contributed by atoms with Gasteiger partial charge in [0.25, 0.3) is 0 Å². The number of amides is 1. The minimum Gasteiger partial charge on any atom is -0.445 e. The normalized spacial score (nSPS) is 21.4. The number of nitrogens with one attached hydrogen (secondary N) is 1. The van der Waals surface area contributed by atoms with Gasteiger partial charge in [-0.2, -0.15) is 0 Å². The Morgan fingerprint density at radius 1 is 1.30 bits per heavy atom. The molecule has 23 heavy (non-hydrogen) atoms. The molecule has 2 fully saturated rings. The predicted octanol–water partition coefficient (Wildman–Crippen LogP) is 2.48. The van der Waals surface area contributed by atoms with Crippen LogP contribution < -0.4 is 5.32 Å². The van der Waals surface area contributed by atoms with Gasteiger partial charge in [0.05, 0.1) is 6.61 Å². The van der Waals surface area contributed by atoms with E-state index in [0.29, 0.717) is 19.1 Å². The van der Waals surface area contributed by atoms with Crippen LogP contribution in [0.5, 0.6) is 0 Å². The molecule has 1 amide bonds. The van der Waals surface area contributed by atoms with Crippen molar-refractivity contribution >= 4 is 6.09 Å². The first-order valence-corrected chi connectivity index (χ1v) is 8.39. The number of rotatable bonds is 6. The molecule has 5 nitrogen and oxygen atoms in total. The van der Waals surface area contributed by atoms with Crippen molar-refractivity contribution in [2.24, 2.45) is 11.3 Å². The standard InChI is InChI=1S/C18H25NO4/c20-13-18(8-10-22-11-9-18)16(15-6-7-15)19-17(21)23-12-14-4-2-1-3-5-14/h1-5,15-16,20H,6-13H2,(H,19,21). The van der Waals surface area contributed by atoms with Gasteiger partial charge in [0, 0.05) is 24.7 Å². The summed E-state index contributed by atoms with van der Waals surface area (Å²) in [7, 11) is 0. The van der Waals surface area contributed by atoms with E-state index < -0.39 is 6.09 Å². The van der Waals surface area contributed by atoms with Crippen LogP contribution in [0.1, 0.15) is 31.2 Å². The number of alkyl carbamates (subject to hydrolysis) is 1. The van der Waals surface area contributed by atoms with Crippen molar-refractivity contribution in [2.75, 3.05) is 19.8 Å². The molecule has 1 saturated carbocycles. The molecule has 1 unspecified atom stereocenters. The number of carbonyl (C=O) groups excluding carboxylic acids is 1. The Hall–Kier alpha value is -1.59. The molecule has 0 radical (unpaired) electrons. The Morgan fingerprint density at radius 2 is 2.00 bits per heavy atom. The maximum absolute atomic E-state index is 12.2. The Kier molecular flexibility index (Phi) is 5.18. The van der Waals surface area contributed by atoms with E-state index in [-0.39, 0.29) is 24.7 Å². The molecular weight excluding hydrogens is 294 g/mol. The van der Waals surface area contributed by atoms with Gasteiger partial charge in [0.1, 0.15) is 6.61 Å². The van der Waals surface area contributed by atoms with Crippen molar-refractivity contribution in [2.45, 2.75) is 38.3 Å². The molecule has 0 bridgehead atoms. The topological polar surface area (TPSA) is 67.8 Å². The van der Waals surface area contributed by atoms with Gasteiger partial charge in [-0.05, 0) is 37.2 Å². The average molecular weight is 319 g/mol. The molecule has 3 rings (SSSR count). The van der Waals surface area contributed by atoms with Crippen LogP contribution in [0.25, 0.3) is 0 Å². The van der Waals surface area contributed by atoms with Crippen LogP contribution in [0.3, 0.4) is 0 Å². The van der Waals surface area contributed by atoms with E-state index in [9.17, 15) is 9.90 Å². The van der Waals surface area contributed by atoms with Crippen molar-refractivity contribution in [1.29, 1.82) is 0 Å². The van der Waals surface area contributed by atoms with Crippen LogP contribution in [0.4, 0.5) is 4.79 Å². The third-order valence-electron chi connectivity index (χ3n) is 5.04. The van der Waals surface area contributed by atoms with E-state index in [0.717, 1.165) is 31.2 Å². The molecule has 0 aromatic heterocycles. The zero-order valence-electron chi connectivity index (χ0n) is 13.4. The third kappa shape index (κ3) is 4.03. The van der Waals surface area contributed by atoms with E-state index in [2.05, 4.69) is 5.32 Å². The Labute approximate surface area is 137 Å². The third-order valence-corrected chi connectivity index (χ3v) is 5.04. The van der Waals surface area contributed by atoms with Gasteiger partial charge in [-0.1, -0.05) is 30.3 Å². The van der Waals surface area contributed by atoms with Crippen molar-refractivity contribution in [3.63, 3.8) is 0 Å². The molecule has 1 aromatic carbocycles. The van der Waals surface area contributed by atoms with Crippen LogP contribution in [0, 0.1) is 11.3 Å². The zero-order chi connectivity index (χ0) is 16.1. The molecule has 2 N–H and O–H groups in total. The summed E-state index contributed by atoms with van der Waals surface area (Å²) in [6.45, 7) is 1.63. The Balaban J connectivity index is 1.59. The molecular formula is C18H25NO4. The van der Waals surface area contributed by atoms with Crippen molar-refractivity contribution in [3.8, 4) is 0 Å². The number of aliphatic hydroxyl groups excluding tert-OH is 1. The van der Waals surface area contributed by atoms with E-state index in [1.165, 1.54) is 0 Å². The van der Waals surface area contributed by atoms with E-state index in [1.807, 2.05) is 30.3 Å². The predicted molar refractivity (Wildman–Crippen MR) is 85.8 cm³/mol. The first-order valence-electron chi connectivity index (χ1n) is 8.39. The summed E-state index contributed by atoms with van der Waals surface area (Å²) in [4.78, 5) is 12.2. The number of carbonyl (C=O) groups is 1. The molecule has 0 spiro atoms. The van der Waals surface area contributed by atoms with E-state index in [4.69, 9.17) is 9.47 Å². The average Bonchev–Trinajstić information content (AvgIpc) is 3.44. The summed E-state index contributed by atoms with van der Waals surface area (Å²) in [5, 5.41) is 13.0. The lowest BCUT2D eigenvalue weighted by Crippen LogP contribution is -2.53. The van der Waals surface area contributed by atoms with Gasteiger partial charge in [-0.3, -0.25) is 0 Å². The van der Waals surface area contributed by atoms with Gasteiger partial charge >= 0.3 is 6.09 Å². The molecule has 126 valence electrons. The van der Waals surface area contributed by atoms with Crippen molar-refractivity contribution < 1.29 is 19.4 Å². The van der Waals surface area contributed by atoms with Crippen LogP contribution in [0.2, 0.25) is 0 Å². The lowest BCUT2D eigenvalue weighted by molar-refractivity contribution is -0.0415. The summed E-state index contributed by atoms with van der Waals surface area (Å²) >= 11 is 0. The molecule has 1 aliphatic heterocycles. The van der Waals surface area contributed by atoms with Crippen molar-refractivity contribution in [3.05, 3.63) is 35.9 Å². The summed E-state index contributed by atoms with van der Waals surface area (Å²) in [6.07, 6.45) is 3.37. The van der Waals surface area contributed by atoms with Crippen LogP contribution in [-0.4, -0.2) is 37.1 Å². The highest BCUT2D eigenvalue weighted by Gasteiger charge is 2.48. The number of hydrogen-bond donors (Lipinski definition) is 2. The summed E-state index contributed by atoms with van der Waals surface area (Å²) < 4.78 is 10.8. The van der Waals surface area contributed by atoms with Gasteiger partial charge in [-0.25, -0.2) is 4.79 Å². The second-order valence-electron chi connectivity index (χ2n) is 6.65. The first kappa shape index (κ1) is 16.3. The van der Waals surface area contributed by atoms with Crippen molar-refractivity contribution in [1.82, 2.24) is 5.32 Å². The maximum atomic E-state index is 12.2. The summed E-state index contributed by atoms with van der Waals surface area (Å²) in [5.74, 6) is 0.449. The quantitative estimate of drug-likeness (QED) is 0.845. The highest BCUT2D eigenvalue weighted by atomic mass is 16.5. The lowest BCUT2D eigenvalue weighted by Gasteiger charge is -2.42. The fraction of sp³-hybridized carbons (Fsp3) is 0.611. The number of ether oxygens (including phenoxy) is 2. The minimum atomic E-state index is -0.398. The van der Waals surface area contributed by atoms with Crippen LogP contribution in [-0.2, 0) is 16.1 Å². The minimum absolute atomic E-state index is 0.0281. The monoisotopic (exact) mass is 319 g/mol. The second kappa shape index (κ2) is 7.32. The fourth-order valence-corrected chi connectivity index (χ4v) is 3.44. The second-order valence-corrected chi connectivity index (χ2v) is 6.65. The smallest absolute Gasteiger partial charge is 0.407 e. The van der Waals surface area contributed by atoms with Crippen LogP contribution in [0.15, 0.2) is 30.3 Å². The highest BCUT2D eigenvalue weighted by molar-refractivity contribution is 5.68. The largest absolute Gasteiger partial charge is 0.445 e.